The van der Waals surface area contributed by atoms with Gasteiger partial charge in [-0.25, -0.2) is 9.78 Å². The Labute approximate surface area is 297 Å². The lowest BCUT2D eigenvalue weighted by atomic mass is 9.98. The van der Waals surface area contributed by atoms with Gasteiger partial charge in [-0.05, 0) is 69.1 Å². The number of imidazole rings is 1. The van der Waals surface area contributed by atoms with Crippen molar-refractivity contribution in [3.8, 4) is 22.6 Å². The number of carbonyl (C=O) groups excluding carboxylic acids is 4. The minimum Gasteiger partial charge on any atom is -0.494 e. The Balaban J connectivity index is 1.34. The lowest BCUT2D eigenvalue weighted by Crippen LogP contribution is -2.47. The number of rotatable bonds is 13. The van der Waals surface area contributed by atoms with E-state index < -0.39 is 5.91 Å². The number of likely N-dealkylation sites (N-methyl/N-ethyl adjacent to an activating group) is 1. The van der Waals surface area contributed by atoms with Gasteiger partial charge >= 0.3 is 0 Å². The molecule has 1 aliphatic rings. The van der Waals surface area contributed by atoms with E-state index in [2.05, 4.69) is 26.9 Å². The number of para-hydroxylation sites is 1. The van der Waals surface area contributed by atoms with E-state index >= 15 is 0 Å². The molecule has 1 aliphatic heterocycles. The number of isocyanates is 1. The molecule has 3 amide bonds. The quantitative estimate of drug-likeness (QED) is 0.114. The molecule has 1 fully saturated rings. The van der Waals surface area contributed by atoms with Crippen molar-refractivity contribution in [3.63, 3.8) is 0 Å². The number of nitrogens with one attached hydrogen (secondary N) is 1. The summed E-state index contributed by atoms with van der Waals surface area (Å²) in [6.45, 7) is 5.75. The molecule has 1 saturated heterocycles. The molecule has 5 rings (SSSR count). The third-order valence-corrected chi connectivity index (χ3v) is 9.06. The summed E-state index contributed by atoms with van der Waals surface area (Å²) in [6, 6.07) is 14.3. The average Bonchev–Trinajstić information content (AvgIpc) is 3.57. The first-order chi connectivity index (χ1) is 24.5. The second-order valence-corrected chi connectivity index (χ2v) is 12.9. The summed E-state index contributed by atoms with van der Waals surface area (Å²) in [6.07, 6.45) is 4.48. The van der Waals surface area contributed by atoms with Crippen molar-refractivity contribution in [1.82, 2.24) is 24.7 Å². The van der Waals surface area contributed by atoms with Gasteiger partial charge in [0.05, 0.1) is 36.0 Å². The summed E-state index contributed by atoms with van der Waals surface area (Å²) >= 11 is 0. The molecule has 3 aromatic carbocycles. The average molecular weight is 696 g/mol. The highest BCUT2D eigenvalue weighted by atomic mass is 16.5. The highest BCUT2D eigenvalue weighted by molar-refractivity contribution is 6.12. The van der Waals surface area contributed by atoms with Gasteiger partial charge in [0.1, 0.15) is 11.4 Å². The zero-order chi connectivity index (χ0) is 36.7. The van der Waals surface area contributed by atoms with E-state index in [0.717, 1.165) is 51.0 Å². The molecule has 0 bridgehead atoms. The lowest BCUT2D eigenvalue weighted by Gasteiger charge is -2.32. The monoisotopic (exact) mass is 695 g/mol. The summed E-state index contributed by atoms with van der Waals surface area (Å²) < 4.78 is 12.0. The van der Waals surface area contributed by atoms with Crippen LogP contribution >= 0.6 is 0 Å². The lowest BCUT2D eigenvalue weighted by molar-refractivity contribution is -0.132. The van der Waals surface area contributed by atoms with Crippen LogP contribution in [0, 0.1) is 6.92 Å². The number of aryl methyl sites for hydroxylation is 1. The molecule has 13 heteroatoms. The minimum atomic E-state index is -0.443. The second-order valence-electron chi connectivity index (χ2n) is 12.9. The molecule has 0 radical (unpaired) electrons. The fraction of sp³-hybridized carbons (Fsp3) is 0.395. The largest absolute Gasteiger partial charge is 0.494 e. The number of aromatic amines is 1. The summed E-state index contributed by atoms with van der Waals surface area (Å²) in [7, 11) is 8.42. The zero-order valence-electron chi connectivity index (χ0n) is 30.1. The summed E-state index contributed by atoms with van der Waals surface area (Å²) in [5.41, 5.74) is 3.93. The first-order valence-electron chi connectivity index (χ1n) is 17.0. The van der Waals surface area contributed by atoms with Gasteiger partial charge in [-0.2, -0.15) is 4.99 Å². The summed E-state index contributed by atoms with van der Waals surface area (Å²) in [5.74, 6) is 0.371. The van der Waals surface area contributed by atoms with Crippen molar-refractivity contribution >= 4 is 46.2 Å². The number of aliphatic imine (C=N–C) groups is 1. The Morgan fingerprint density at radius 3 is 2.43 bits per heavy atom. The molecule has 0 saturated carbocycles. The van der Waals surface area contributed by atoms with E-state index in [0.29, 0.717) is 46.6 Å². The number of unbranched alkanes of at least 4 members (excludes halogenated alkanes) is 2. The van der Waals surface area contributed by atoms with Gasteiger partial charge in [0.2, 0.25) is 12.0 Å². The van der Waals surface area contributed by atoms with E-state index in [1.54, 1.807) is 45.4 Å². The maximum Gasteiger partial charge on any atom is 0.289 e. The van der Waals surface area contributed by atoms with Crippen LogP contribution in [0.4, 0.5) is 11.4 Å². The molecule has 51 heavy (non-hydrogen) atoms. The molecule has 13 nitrogen and oxygen atoms in total. The van der Waals surface area contributed by atoms with E-state index in [9.17, 15) is 19.2 Å². The Morgan fingerprint density at radius 1 is 0.961 bits per heavy atom. The fourth-order valence-electron chi connectivity index (χ4n) is 6.14. The number of hydrogen-bond acceptors (Lipinski definition) is 9. The zero-order valence-corrected chi connectivity index (χ0v) is 30.1. The van der Waals surface area contributed by atoms with E-state index in [1.165, 1.54) is 16.9 Å². The Hall–Kier alpha value is -5.52. The maximum atomic E-state index is 14.1. The summed E-state index contributed by atoms with van der Waals surface area (Å²) in [4.78, 5) is 69.6. The van der Waals surface area contributed by atoms with Crippen LogP contribution in [0.3, 0.4) is 0 Å². The topological polar surface area (TPSA) is 141 Å². The van der Waals surface area contributed by atoms with Crippen molar-refractivity contribution < 1.29 is 28.7 Å². The number of methoxy groups -OCH3 is 1. The number of benzene rings is 3. The number of amides is 3. The van der Waals surface area contributed by atoms with Crippen LogP contribution in [-0.2, 0) is 9.59 Å². The van der Waals surface area contributed by atoms with Crippen LogP contribution in [0.1, 0.15) is 52.2 Å². The number of anilines is 1. The summed E-state index contributed by atoms with van der Waals surface area (Å²) in [5, 5.41) is 0. The van der Waals surface area contributed by atoms with Crippen molar-refractivity contribution in [1.29, 1.82) is 0 Å². The predicted octanol–water partition coefficient (Wildman–Crippen LogP) is 5.21. The number of aromatic nitrogens is 2. The van der Waals surface area contributed by atoms with Crippen LogP contribution < -0.4 is 14.4 Å². The van der Waals surface area contributed by atoms with Gasteiger partial charge in [-0.1, -0.05) is 18.2 Å². The molecule has 1 N–H and O–H groups in total. The van der Waals surface area contributed by atoms with Gasteiger partial charge in [-0.15, -0.1) is 0 Å². The molecule has 0 aliphatic carbocycles. The molecule has 268 valence electrons. The molecule has 2 heterocycles. The smallest absolute Gasteiger partial charge is 0.289 e. The number of nitrogens with zero attached hydrogens (tertiary/aromatic N) is 6. The van der Waals surface area contributed by atoms with Crippen molar-refractivity contribution in [2.45, 2.75) is 32.6 Å². The van der Waals surface area contributed by atoms with Gasteiger partial charge in [0.15, 0.2) is 11.6 Å². The van der Waals surface area contributed by atoms with E-state index in [-0.39, 0.29) is 34.6 Å². The van der Waals surface area contributed by atoms with Crippen molar-refractivity contribution in [2.75, 3.05) is 73.0 Å². The van der Waals surface area contributed by atoms with Crippen molar-refractivity contribution in [3.05, 3.63) is 65.5 Å². The maximum absolute atomic E-state index is 14.1. The molecule has 4 aromatic rings. The third kappa shape index (κ3) is 8.28. The number of H-pyrrole nitrogens is 1. The number of ether oxygens (including phenoxy) is 2. The Kier molecular flexibility index (Phi) is 11.9. The SMILES string of the molecule is COc1c(-c2cccc3[nH]c(C(=O)N(C)C)nc23)ccc(C(=O)N(C)c2ccc(C)cc2OCCCCCC(=O)N2CCN(C)CC2)c1N=C=O. The first kappa shape index (κ1) is 36.8. The van der Waals surface area contributed by atoms with Crippen LogP contribution in [0.5, 0.6) is 11.5 Å². The van der Waals surface area contributed by atoms with E-state index in [4.69, 9.17) is 9.47 Å². The highest BCUT2D eigenvalue weighted by Gasteiger charge is 2.26. The number of fused-ring (bicyclic) bond motifs is 1. The molecule has 0 spiro atoms. The van der Waals surface area contributed by atoms with Crippen LogP contribution in [0.25, 0.3) is 22.2 Å². The minimum absolute atomic E-state index is 0.0136. The first-order valence-corrected chi connectivity index (χ1v) is 17.0. The van der Waals surface area contributed by atoms with Gasteiger partial charge in [0.25, 0.3) is 11.8 Å². The number of hydrogen-bond donors (Lipinski definition) is 1. The fourth-order valence-corrected chi connectivity index (χ4v) is 6.14. The highest BCUT2D eigenvalue weighted by Crippen LogP contribution is 2.43. The third-order valence-electron chi connectivity index (χ3n) is 9.06. The Morgan fingerprint density at radius 2 is 1.73 bits per heavy atom. The van der Waals surface area contributed by atoms with Crippen LogP contribution in [0.15, 0.2) is 53.5 Å². The second kappa shape index (κ2) is 16.5. The predicted molar refractivity (Wildman–Crippen MR) is 196 cm³/mol. The van der Waals surface area contributed by atoms with Gasteiger partial charge in [-0.3, -0.25) is 14.4 Å². The van der Waals surface area contributed by atoms with Crippen LogP contribution in [-0.4, -0.2) is 117 Å². The normalized spacial score (nSPS) is 13.1. The van der Waals surface area contributed by atoms with Gasteiger partial charge < -0.3 is 34.1 Å². The van der Waals surface area contributed by atoms with Gasteiger partial charge in [0, 0.05) is 64.9 Å². The molecule has 1 aromatic heterocycles. The van der Waals surface area contributed by atoms with Crippen LogP contribution in [0.2, 0.25) is 0 Å². The molecular weight excluding hydrogens is 650 g/mol. The van der Waals surface area contributed by atoms with E-state index in [1.807, 2.05) is 42.2 Å². The molecular formula is C38H45N7O6. The Bertz CT molecular complexity index is 1960. The molecule has 0 unspecified atom stereocenters. The standard InChI is InChI=1S/C38H45N7O6/c1-25-14-17-30(31(23-25)51-22-9-7-8-13-32(47)45-20-18-43(4)19-21-45)44(5)37(48)28-16-15-27(35(50-6)34(28)39-24-46)26-11-10-12-29-33(26)41-36(40-29)38(49)42(2)3/h10-12,14-17,23H,7-9,13,18-22H2,1-6H3,(H,40,41). The molecule has 0 atom stereocenters. The number of carbonyl (C=O) groups is 3. The number of piperazine rings is 1. The van der Waals surface area contributed by atoms with Crippen molar-refractivity contribution in [2.24, 2.45) is 4.99 Å².